The second-order valence-electron chi connectivity index (χ2n) is 11.5. The van der Waals surface area contributed by atoms with E-state index in [1.165, 1.54) is 9.88 Å². The van der Waals surface area contributed by atoms with Gasteiger partial charge in [-0.15, -0.1) is 0 Å². The third kappa shape index (κ3) is 7.76. The zero-order valence-corrected chi connectivity index (χ0v) is 26.4. The van der Waals surface area contributed by atoms with Crippen LogP contribution >= 0.6 is 0 Å². The maximum atomic E-state index is 13.4. The summed E-state index contributed by atoms with van der Waals surface area (Å²) in [6, 6.07) is 15.7. The summed E-state index contributed by atoms with van der Waals surface area (Å²) in [5.41, 5.74) is 2.24. The Morgan fingerprint density at radius 2 is 1.56 bits per heavy atom. The highest BCUT2D eigenvalue weighted by atomic mass is 32.2. The number of rotatable bonds is 12. The van der Waals surface area contributed by atoms with Crippen LogP contribution in [0.3, 0.4) is 0 Å². The maximum absolute atomic E-state index is 13.4. The van der Waals surface area contributed by atoms with E-state index in [9.17, 15) is 16.8 Å². The average molecular weight is 600 g/mol. The van der Waals surface area contributed by atoms with E-state index in [-0.39, 0.29) is 12.0 Å². The summed E-state index contributed by atoms with van der Waals surface area (Å²) in [6.07, 6.45) is 10.0. The highest BCUT2D eigenvalue weighted by Gasteiger charge is 2.33. The molecule has 1 aliphatic heterocycles. The summed E-state index contributed by atoms with van der Waals surface area (Å²) >= 11 is 0. The summed E-state index contributed by atoms with van der Waals surface area (Å²) in [6.45, 7) is 9.40. The van der Waals surface area contributed by atoms with Crippen LogP contribution in [0.25, 0.3) is 0 Å². The standard InChI is InChI=1S/C32H45N3O4S2/c1-5-35(41(38,39)32-16-14-26(2)15-17-32)30-19-22-34(23-20-30)21-18-29(28-11-9-10-27(3)24-28)25-33(4)40(36,37)31-12-7-6-8-13-31/h6-9,11-17,24,27,29-30H,5,10,18-23,25H2,1-4H3. The first-order chi connectivity index (χ1) is 19.5. The smallest absolute Gasteiger partial charge is 0.243 e. The van der Waals surface area contributed by atoms with Gasteiger partial charge in [-0.25, -0.2) is 21.1 Å². The summed E-state index contributed by atoms with van der Waals surface area (Å²) < 4.78 is 56.5. The lowest BCUT2D eigenvalue weighted by atomic mass is 9.87. The van der Waals surface area contributed by atoms with Crippen molar-refractivity contribution in [3.8, 4) is 0 Å². The van der Waals surface area contributed by atoms with E-state index >= 15 is 0 Å². The molecule has 0 saturated carbocycles. The van der Waals surface area contributed by atoms with Crippen LogP contribution in [0, 0.1) is 18.8 Å². The van der Waals surface area contributed by atoms with Gasteiger partial charge in [0, 0.05) is 26.2 Å². The molecule has 0 bridgehead atoms. The van der Waals surface area contributed by atoms with Gasteiger partial charge in [0.15, 0.2) is 0 Å². The summed E-state index contributed by atoms with van der Waals surface area (Å²) in [7, 11) is -5.45. The number of nitrogens with zero attached hydrogens (tertiary/aromatic N) is 3. The van der Waals surface area contributed by atoms with E-state index in [1.807, 2.05) is 32.0 Å². The Bertz CT molecular complexity index is 1410. The van der Waals surface area contributed by atoms with Crippen LogP contribution in [0.5, 0.6) is 0 Å². The second-order valence-corrected chi connectivity index (χ2v) is 15.4. The number of allylic oxidation sites excluding steroid dienone is 3. The number of benzene rings is 2. The van der Waals surface area contributed by atoms with Crippen LogP contribution in [0.1, 0.15) is 45.1 Å². The molecule has 0 amide bonds. The Balaban J connectivity index is 1.40. The Morgan fingerprint density at radius 3 is 2.17 bits per heavy atom. The Morgan fingerprint density at radius 1 is 0.927 bits per heavy atom. The molecular formula is C32H45N3O4S2. The molecule has 0 N–H and O–H groups in total. The predicted octanol–water partition coefficient (Wildman–Crippen LogP) is 5.32. The van der Waals surface area contributed by atoms with Gasteiger partial charge in [-0.05, 0) is 93.9 Å². The van der Waals surface area contributed by atoms with Crippen molar-refractivity contribution in [2.75, 3.05) is 39.8 Å². The molecule has 4 rings (SSSR count). The minimum absolute atomic E-state index is 0.0228. The summed E-state index contributed by atoms with van der Waals surface area (Å²) in [5.74, 6) is 0.504. The van der Waals surface area contributed by atoms with Crippen LogP contribution in [-0.2, 0) is 20.0 Å². The molecule has 1 fully saturated rings. The van der Waals surface area contributed by atoms with Crippen molar-refractivity contribution >= 4 is 20.0 Å². The van der Waals surface area contributed by atoms with E-state index in [4.69, 9.17) is 0 Å². The molecular weight excluding hydrogens is 555 g/mol. The number of likely N-dealkylation sites (tertiary alicyclic amines) is 1. The molecule has 0 aromatic heterocycles. The molecule has 1 saturated heterocycles. The van der Waals surface area contributed by atoms with Gasteiger partial charge < -0.3 is 4.90 Å². The second kappa shape index (κ2) is 13.8. The molecule has 0 radical (unpaired) electrons. The van der Waals surface area contributed by atoms with Crippen LogP contribution in [0.2, 0.25) is 0 Å². The van der Waals surface area contributed by atoms with Crippen molar-refractivity contribution < 1.29 is 16.8 Å². The number of hydrogen-bond donors (Lipinski definition) is 0. The number of sulfonamides is 2. The van der Waals surface area contributed by atoms with Gasteiger partial charge in [-0.2, -0.15) is 4.31 Å². The third-order valence-corrected chi connectivity index (χ3v) is 12.3. The molecule has 41 heavy (non-hydrogen) atoms. The lowest BCUT2D eigenvalue weighted by Crippen LogP contribution is -2.47. The molecule has 1 heterocycles. The van der Waals surface area contributed by atoms with E-state index < -0.39 is 20.0 Å². The zero-order valence-electron chi connectivity index (χ0n) is 24.8. The fourth-order valence-electron chi connectivity index (χ4n) is 5.93. The first-order valence-corrected chi connectivity index (χ1v) is 17.6. The Labute approximate surface area is 247 Å². The van der Waals surface area contributed by atoms with Gasteiger partial charge in [-0.1, -0.05) is 68.0 Å². The molecule has 2 unspecified atom stereocenters. The molecule has 224 valence electrons. The number of hydrogen-bond acceptors (Lipinski definition) is 5. The fourth-order valence-corrected chi connectivity index (χ4v) is 8.86. The zero-order chi connectivity index (χ0) is 29.6. The van der Waals surface area contributed by atoms with Crippen molar-refractivity contribution in [1.29, 1.82) is 0 Å². The normalized spacial score (nSPS) is 20.0. The molecule has 2 aromatic carbocycles. The first kappa shape index (κ1) is 31.6. The predicted molar refractivity (Wildman–Crippen MR) is 166 cm³/mol. The van der Waals surface area contributed by atoms with Crippen LogP contribution in [0.4, 0.5) is 0 Å². The SMILES string of the molecule is CCN(C1CCN(CCC(CN(C)S(=O)(=O)c2ccccc2)C2=CC(C)CC=C2)CC1)S(=O)(=O)c1ccc(C)cc1. The van der Waals surface area contributed by atoms with Gasteiger partial charge in [0.1, 0.15) is 0 Å². The quantitative estimate of drug-likeness (QED) is 0.330. The van der Waals surface area contributed by atoms with Gasteiger partial charge in [0.05, 0.1) is 9.79 Å². The maximum Gasteiger partial charge on any atom is 0.243 e. The first-order valence-electron chi connectivity index (χ1n) is 14.7. The van der Waals surface area contributed by atoms with E-state index in [1.54, 1.807) is 47.8 Å². The van der Waals surface area contributed by atoms with Crippen molar-refractivity contribution in [2.45, 2.75) is 62.3 Å². The van der Waals surface area contributed by atoms with Crippen molar-refractivity contribution in [2.24, 2.45) is 11.8 Å². The summed E-state index contributed by atoms with van der Waals surface area (Å²) in [4.78, 5) is 3.07. The largest absolute Gasteiger partial charge is 0.303 e. The molecule has 7 nitrogen and oxygen atoms in total. The van der Waals surface area contributed by atoms with Crippen molar-refractivity contribution in [1.82, 2.24) is 13.5 Å². The van der Waals surface area contributed by atoms with Gasteiger partial charge in [0.25, 0.3) is 0 Å². The molecule has 2 aliphatic rings. The molecule has 2 aromatic rings. The van der Waals surface area contributed by atoms with Crippen LogP contribution in [-0.4, -0.2) is 76.2 Å². The Hall–Kier alpha value is -2.30. The molecule has 0 spiro atoms. The third-order valence-electron chi connectivity index (χ3n) is 8.39. The van der Waals surface area contributed by atoms with E-state index in [0.717, 1.165) is 50.9 Å². The minimum Gasteiger partial charge on any atom is -0.303 e. The van der Waals surface area contributed by atoms with E-state index in [2.05, 4.69) is 30.1 Å². The van der Waals surface area contributed by atoms with Gasteiger partial charge in [-0.3, -0.25) is 0 Å². The van der Waals surface area contributed by atoms with E-state index in [0.29, 0.717) is 28.8 Å². The number of aryl methyl sites for hydroxylation is 1. The average Bonchev–Trinajstić information content (AvgIpc) is 2.96. The fraction of sp³-hybridized carbons (Fsp3) is 0.500. The van der Waals surface area contributed by atoms with Crippen LogP contribution in [0.15, 0.2) is 88.2 Å². The van der Waals surface area contributed by atoms with Crippen LogP contribution < -0.4 is 0 Å². The number of piperidine rings is 1. The Kier molecular flexibility index (Phi) is 10.6. The van der Waals surface area contributed by atoms with Crippen molar-refractivity contribution in [3.05, 3.63) is 84.0 Å². The summed E-state index contributed by atoms with van der Waals surface area (Å²) in [5, 5.41) is 0. The monoisotopic (exact) mass is 599 g/mol. The van der Waals surface area contributed by atoms with Crippen molar-refractivity contribution in [3.63, 3.8) is 0 Å². The van der Waals surface area contributed by atoms with Gasteiger partial charge >= 0.3 is 0 Å². The van der Waals surface area contributed by atoms with Gasteiger partial charge in [0.2, 0.25) is 20.0 Å². The topological polar surface area (TPSA) is 78.0 Å². The highest BCUT2D eigenvalue weighted by molar-refractivity contribution is 7.89. The molecule has 2 atom stereocenters. The lowest BCUT2D eigenvalue weighted by molar-refractivity contribution is 0.154. The lowest BCUT2D eigenvalue weighted by Gasteiger charge is -2.38. The molecule has 1 aliphatic carbocycles. The highest BCUT2D eigenvalue weighted by Crippen LogP contribution is 2.29. The molecule has 9 heteroatoms. The minimum atomic E-state index is -3.58.